The van der Waals surface area contributed by atoms with Gasteiger partial charge in [0.15, 0.2) is 11.9 Å². The number of rotatable bonds is 4. The van der Waals surface area contributed by atoms with Crippen LogP contribution in [0, 0.1) is 0 Å². The molecule has 1 aromatic rings. The van der Waals surface area contributed by atoms with Crippen LogP contribution in [0.15, 0.2) is 18.3 Å². The third-order valence-electron chi connectivity index (χ3n) is 2.06. The molecule has 0 saturated carbocycles. The lowest BCUT2D eigenvalue weighted by molar-refractivity contribution is -0.126. The van der Waals surface area contributed by atoms with Crippen molar-refractivity contribution in [3.05, 3.63) is 29.0 Å². The highest BCUT2D eigenvalue weighted by molar-refractivity contribution is 6.32. The number of ether oxygens (including phenoxy) is 1. The molecule has 0 amide bonds. The van der Waals surface area contributed by atoms with Gasteiger partial charge in [-0.2, -0.15) is 0 Å². The molecule has 16 heavy (non-hydrogen) atoms. The molecule has 0 spiro atoms. The van der Waals surface area contributed by atoms with E-state index in [9.17, 15) is 9.59 Å². The van der Waals surface area contributed by atoms with Gasteiger partial charge in [0.2, 0.25) is 0 Å². The van der Waals surface area contributed by atoms with Gasteiger partial charge in [0.1, 0.15) is 5.15 Å². The molecule has 0 N–H and O–H groups in total. The zero-order valence-electron chi connectivity index (χ0n) is 9.07. The standard InChI is InChI=1S/C11H12ClNO3/c1-3-9(14)7(2)16-11(15)8-5-4-6-13-10(8)12/h4-7H,3H2,1-2H3/t7-/m1/s1. The summed E-state index contributed by atoms with van der Waals surface area (Å²) in [5.74, 6) is -0.763. The first-order chi connectivity index (χ1) is 7.56. The Labute approximate surface area is 98.6 Å². The summed E-state index contributed by atoms with van der Waals surface area (Å²) in [6, 6.07) is 3.08. The lowest BCUT2D eigenvalue weighted by Gasteiger charge is -2.11. The number of carbonyl (C=O) groups excluding carboxylic acids is 2. The van der Waals surface area contributed by atoms with Gasteiger partial charge in [-0.05, 0) is 19.1 Å². The lowest BCUT2D eigenvalue weighted by atomic mass is 10.2. The summed E-state index contributed by atoms with van der Waals surface area (Å²) in [7, 11) is 0. The Balaban J connectivity index is 2.73. The zero-order valence-corrected chi connectivity index (χ0v) is 9.82. The average Bonchev–Trinajstić information content (AvgIpc) is 2.28. The normalized spacial score (nSPS) is 11.9. The van der Waals surface area contributed by atoms with E-state index in [-0.39, 0.29) is 16.5 Å². The fourth-order valence-electron chi connectivity index (χ4n) is 1.12. The maximum absolute atomic E-state index is 11.6. The third kappa shape index (κ3) is 3.03. The van der Waals surface area contributed by atoms with Crippen molar-refractivity contribution >= 4 is 23.4 Å². The number of carbonyl (C=O) groups is 2. The molecule has 0 saturated heterocycles. The van der Waals surface area contributed by atoms with Gasteiger partial charge < -0.3 is 4.74 Å². The fraction of sp³-hybridized carbons (Fsp3) is 0.364. The first-order valence-corrected chi connectivity index (χ1v) is 5.28. The SMILES string of the molecule is CCC(=O)[C@@H](C)OC(=O)c1cccnc1Cl. The number of pyridine rings is 1. The number of ketones is 1. The quantitative estimate of drug-likeness (QED) is 0.599. The number of Topliss-reactive ketones (excluding diaryl/α,β-unsaturated/α-hetero) is 1. The van der Waals surface area contributed by atoms with Crippen LogP contribution in [0.1, 0.15) is 30.6 Å². The van der Waals surface area contributed by atoms with E-state index in [1.54, 1.807) is 13.0 Å². The Morgan fingerprint density at radius 2 is 2.25 bits per heavy atom. The van der Waals surface area contributed by atoms with Crippen molar-refractivity contribution in [2.45, 2.75) is 26.4 Å². The van der Waals surface area contributed by atoms with E-state index in [0.717, 1.165) is 0 Å². The zero-order chi connectivity index (χ0) is 12.1. The number of aromatic nitrogens is 1. The number of esters is 1. The predicted octanol–water partition coefficient (Wildman–Crippen LogP) is 2.26. The van der Waals surface area contributed by atoms with Crippen LogP contribution in [0.4, 0.5) is 0 Å². The summed E-state index contributed by atoms with van der Waals surface area (Å²) in [4.78, 5) is 26.6. The molecule has 0 fully saturated rings. The van der Waals surface area contributed by atoms with Gasteiger partial charge in [-0.1, -0.05) is 18.5 Å². The summed E-state index contributed by atoms with van der Waals surface area (Å²) >= 11 is 5.72. The first-order valence-electron chi connectivity index (χ1n) is 4.90. The van der Waals surface area contributed by atoms with Crippen LogP contribution < -0.4 is 0 Å². The minimum absolute atomic E-state index is 0.0728. The molecular weight excluding hydrogens is 230 g/mol. The van der Waals surface area contributed by atoms with Crippen LogP contribution >= 0.6 is 11.6 Å². The molecule has 4 nitrogen and oxygen atoms in total. The van der Waals surface area contributed by atoms with E-state index in [2.05, 4.69) is 4.98 Å². The summed E-state index contributed by atoms with van der Waals surface area (Å²) in [6.45, 7) is 3.25. The van der Waals surface area contributed by atoms with Gasteiger partial charge in [0.05, 0.1) is 5.56 Å². The first kappa shape index (κ1) is 12.6. The second-order valence-corrected chi connectivity index (χ2v) is 3.57. The molecule has 0 bridgehead atoms. The monoisotopic (exact) mass is 241 g/mol. The summed E-state index contributed by atoms with van der Waals surface area (Å²) in [5, 5.41) is 0.0728. The van der Waals surface area contributed by atoms with Crippen molar-refractivity contribution in [1.29, 1.82) is 0 Å². The third-order valence-corrected chi connectivity index (χ3v) is 2.37. The molecule has 0 aliphatic rings. The van der Waals surface area contributed by atoms with Crippen molar-refractivity contribution in [3.63, 3.8) is 0 Å². The van der Waals surface area contributed by atoms with Gasteiger partial charge in [-0.3, -0.25) is 4.79 Å². The fourth-order valence-corrected chi connectivity index (χ4v) is 1.31. The number of hydrogen-bond donors (Lipinski definition) is 0. The summed E-state index contributed by atoms with van der Waals surface area (Å²) in [6.07, 6.45) is 1.04. The Kier molecular flexibility index (Phi) is 4.43. The van der Waals surface area contributed by atoms with Gasteiger partial charge in [-0.25, -0.2) is 9.78 Å². The van der Waals surface area contributed by atoms with Crippen molar-refractivity contribution in [3.8, 4) is 0 Å². The van der Waals surface area contributed by atoms with E-state index in [0.29, 0.717) is 6.42 Å². The molecule has 1 aromatic heterocycles. The van der Waals surface area contributed by atoms with Crippen LogP contribution in [0.5, 0.6) is 0 Å². The predicted molar refractivity (Wildman–Crippen MR) is 59.4 cm³/mol. The van der Waals surface area contributed by atoms with Crippen LogP contribution in [0.2, 0.25) is 5.15 Å². The van der Waals surface area contributed by atoms with Crippen molar-refractivity contribution in [2.24, 2.45) is 0 Å². The second-order valence-electron chi connectivity index (χ2n) is 3.21. The molecule has 0 aliphatic heterocycles. The van der Waals surface area contributed by atoms with E-state index in [1.807, 2.05) is 0 Å². The van der Waals surface area contributed by atoms with E-state index < -0.39 is 12.1 Å². The topological polar surface area (TPSA) is 56.3 Å². The Hall–Kier alpha value is -1.42. The van der Waals surface area contributed by atoms with Gasteiger partial charge in [0.25, 0.3) is 0 Å². The van der Waals surface area contributed by atoms with Crippen molar-refractivity contribution in [2.75, 3.05) is 0 Å². The second kappa shape index (κ2) is 5.61. The number of nitrogens with zero attached hydrogens (tertiary/aromatic N) is 1. The number of halogens is 1. The molecule has 0 aliphatic carbocycles. The van der Waals surface area contributed by atoms with Crippen LogP contribution in [-0.4, -0.2) is 22.8 Å². The lowest BCUT2D eigenvalue weighted by Crippen LogP contribution is -2.23. The molecule has 1 atom stereocenters. The molecule has 0 unspecified atom stereocenters. The van der Waals surface area contributed by atoms with Gasteiger partial charge >= 0.3 is 5.97 Å². The van der Waals surface area contributed by atoms with E-state index in [4.69, 9.17) is 16.3 Å². The van der Waals surface area contributed by atoms with E-state index in [1.165, 1.54) is 19.2 Å². The molecular formula is C11H12ClNO3. The molecule has 5 heteroatoms. The van der Waals surface area contributed by atoms with Gasteiger partial charge in [0, 0.05) is 12.6 Å². The molecule has 86 valence electrons. The molecule has 1 heterocycles. The number of hydrogen-bond acceptors (Lipinski definition) is 4. The maximum Gasteiger partial charge on any atom is 0.341 e. The minimum atomic E-state index is -0.756. The maximum atomic E-state index is 11.6. The summed E-state index contributed by atoms with van der Waals surface area (Å²) in [5.41, 5.74) is 0.167. The Bertz CT molecular complexity index is 406. The van der Waals surface area contributed by atoms with Crippen molar-refractivity contribution < 1.29 is 14.3 Å². The molecule has 1 rings (SSSR count). The Morgan fingerprint density at radius 3 is 2.81 bits per heavy atom. The average molecular weight is 242 g/mol. The minimum Gasteiger partial charge on any atom is -0.451 e. The smallest absolute Gasteiger partial charge is 0.341 e. The highest BCUT2D eigenvalue weighted by Crippen LogP contribution is 2.14. The molecule has 0 aromatic carbocycles. The van der Waals surface area contributed by atoms with Crippen LogP contribution in [-0.2, 0) is 9.53 Å². The van der Waals surface area contributed by atoms with Crippen molar-refractivity contribution in [1.82, 2.24) is 4.98 Å². The Morgan fingerprint density at radius 1 is 1.56 bits per heavy atom. The van der Waals surface area contributed by atoms with Gasteiger partial charge in [-0.15, -0.1) is 0 Å². The van der Waals surface area contributed by atoms with Crippen LogP contribution in [0.25, 0.3) is 0 Å². The molecule has 0 radical (unpaired) electrons. The highest BCUT2D eigenvalue weighted by atomic mass is 35.5. The highest BCUT2D eigenvalue weighted by Gasteiger charge is 2.19. The van der Waals surface area contributed by atoms with Crippen LogP contribution in [0.3, 0.4) is 0 Å². The summed E-state index contributed by atoms with van der Waals surface area (Å²) < 4.78 is 4.96. The van der Waals surface area contributed by atoms with E-state index >= 15 is 0 Å². The largest absolute Gasteiger partial charge is 0.451 e.